The van der Waals surface area contributed by atoms with Crippen LogP contribution in [-0.4, -0.2) is 63.7 Å². The summed E-state index contributed by atoms with van der Waals surface area (Å²) in [5.74, 6) is 1.29. The molecule has 8 heteroatoms. The third kappa shape index (κ3) is 4.86. The molecule has 1 N–H and O–H groups in total. The second-order valence-electron chi connectivity index (χ2n) is 10.7. The zero-order valence-corrected chi connectivity index (χ0v) is 22.8. The molecule has 2 aromatic rings. The topological polar surface area (TPSA) is 86.7 Å². The summed E-state index contributed by atoms with van der Waals surface area (Å²) in [4.78, 5) is 15.7. The summed E-state index contributed by atoms with van der Waals surface area (Å²) in [6, 6.07) is 7.72. The van der Waals surface area contributed by atoms with Crippen LogP contribution in [0.3, 0.4) is 0 Å². The van der Waals surface area contributed by atoms with Crippen molar-refractivity contribution in [2.45, 2.75) is 50.9 Å². The molecule has 38 heavy (non-hydrogen) atoms. The zero-order valence-electron chi connectivity index (χ0n) is 22.8. The number of esters is 1. The molecule has 1 fully saturated rings. The lowest BCUT2D eigenvalue weighted by atomic mass is 9.62. The Morgan fingerprint density at radius 1 is 0.947 bits per heavy atom. The third-order valence-corrected chi connectivity index (χ3v) is 8.42. The predicted octanol–water partition coefficient (Wildman–Crippen LogP) is 5.06. The number of aromatic hydroxyl groups is 1. The molecular formula is C30H39NO7. The molecule has 5 rings (SSSR count). The van der Waals surface area contributed by atoms with Crippen LogP contribution >= 0.6 is 0 Å². The first kappa shape index (κ1) is 26.5. The fourth-order valence-electron chi connectivity index (χ4n) is 6.42. The average Bonchev–Trinajstić information content (AvgIpc) is 3.54. The van der Waals surface area contributed by atoms with E-state index >= 15 is 0 Å². The molecule has 3 aliphatic rings. The second kappa shape index (κ2) is 11.3. The summed E-state index contributed by atoms with van der Waals surface area (Å²) in [5, 5.41) is 10.5. The van der Waals surface area contributed by atoms with Gasteiger partial charge in [-0.2, -0.15) is 0 Å². The summed E-state index contributed by atoms with van der Waals surface area (Å²) < 4.78 is 28.2. The van der Waals surface area contributed by atoms with Gasteiger partial charge in [-0.25, -0.2) is 0 Å². The van der Waals surface area contributed by atoms with Crippen molar-refractivity contribution >= 4 is 5.97 Å². The van der Waals surface area contributed by atoms with Gasteiger partial charge in [-0.3, -0.25) is 4.79 Å². The maximum Gasteiger partial charge on any atom is 0.310 e. The number of ether oxygens (including phenoxy) is 5. The van der Waals surface area contributed by atoms with E-state index < -0.39 is 0 Å². The first-order valence-electron chi connectivity index (χ1n) is 13.7. The van der Waals surface area contributed by atoms with Crippen LogP contribution in [0.25, 0.3) is 0 Å². The highest BCUT2D eigenvalue weighted by atomic mass is 16.7. The van der Waals surface area contributed by atoms with Crippen molar-refractivity contribution in [3.05, 3.63) is 41.0 Å². The minimum atomic E-state index is -0.360. The van der Waals surface area contributed by atoms with Gasteiger partial charge in [-0.1, -0.05) is 26.2 Å². The minimum Gasteiger partial charge on any atom is -0.502 e. The van der Waals surface area contributed by atoms with Crippen LogP contribution in [0.2, 0.25) is 0 Å². The first-order chi connectivity index (χ1) is 18.5. The Balaban J connectivity index is 1.54. The Morgan fingerprint density at radius 3 is 2.29 bits per heavy atom. The first-order valence-corrected chi connectivity index (χ1v) is 13.7. The number of hydrogen-bond acceptors (Lipinski definition) is 8. The van der Waals surface area contributed by atoms with E-state index in [0.717, 1.165) is 36.4 Å². The highest BCUT2D eigenvalue weighted by Crippen LogP contribution is 2.56. The van der Waals surface area contributed by atoms with E-state index in [2.05, 4.69) is 24.9 Å². The van der Waals surface area contributed by atoms with Gasteiger partial charge in [0.15, 0.2) is 23.0 Å². The quantitative estimate of drug-likeness (QED) is 0.322. The molecule has 1 aliphatic carbocycles. The van der Waals surface area contributed by atoms with Gasteiger partial charge in [0.25, 0.3) is 0 Å². The molecule has 4 atom stereocenters. The third-order valence-electron chi connectivity index (χ3n) is 8.42. The van der Waals surface area contributed by atoms with Gasteiger partial charge >= 0.3 is 5.97 Å². The Hall–Kier alpha value is -3.13. The summed E-state index contributed by atoms with van der Waals surface area (Å²) >= 11 is 0. The van der Waals surface area contributed by atoms with Crippen LogP contribution < -0.4 is 18.9 Å². The summed E-state index contributed by atoms with van der Waals surface area (Å²) in [6.07, 6.45) is 5.88. The molecular weight excluding hydrogens is 486 g/mol. The largest absolute Gasteiger partial charge is 0.502 e. The molecule has 0 saturated carbocycles. The van der Waals surface area contributed by atoms with Crippen LogP contribution in [0.15, 0.2) is 24.3 Å². The molecule has 8 nitrogen and oxygen atoms in total. The molecule has 0 spiro atoms. The van der Waals surface area contributed by atoms with E-state index in [1.165, 1.54) is 45.5 Å². The second-order valence-corrected chi connectivity index (χ2v) is 10.7. The lowest BCUT2D eigenvalue weighted by Gasteiger charge is -2.40. The van der Waals surface area contributed by atoms with Crippen LogP contribution in [0.5, 0.6) is 28.7 Å². The van der Waals surface area contributed by atoms with Crippen molar-refractivity contribution < 1.29 is 33.6 Å². The molecule has 0 radical (unpaired) electrons. The fourth-order valence-corrected chi connectivity index (χ4v) is 6.42. The van der Waals surface area contributed by atoms with Crippen molar-refractivity contribution in [2.75, 3.05) is 47.8 Å². The Labute approximate surface area is 224 Å². The Bertz CT molecular complexity index is 1140. The van der Waals surface area contributed by atoms with E-state index in [-0.39, 0.29) is 42.2 Å². The Kier molecular flexibility index (Phi) is 7.88. The highest BCUT2D eigenvalue weighted by Gasteiger charge is 2.52. The minimum absolute atomic E-state index is 0.0275. The normalized spacial score (nSPS) is 23.2. The van der Waals surface area contributed by atoms with Crippen molar-refractivity contribution in [3.8, 4) is 28.7 Å². The highest BCUT2D eigenvalue weighted by molar-refractivity contribution is 5.79. The van der Waals surface area contributed by atoms with Crippen molar-refractivity contribution in [1.82, 2.24) is 4.90 Å². The van der Waals surface area contributed by atoms with Gasteiger partial charge in [-0.15, -0.1) is 0 Å². The van der Waals surface area contributed by atoms with Crippen molar-refractivity contribution in [2.24, 2.45) is 11.8 Å². The van der Waals surface area contributed by atoms with Gasteiger partial charge in [0, 0.05) is 11.8 Å². The van der Waals surface area contributed by atoms with Crippen LogP contribution in [-0.2, 0) is 9.53 Å². The number of nitrogens with zero attached hydrogens (tertiary/aromatic N) is 1. The zero-order chi connectivity index (χ0) is 26.8. The molecule has 206 valence electrons. The standard InChI is InChI=1S/C30H39NO7/c1-5-6-7-8-10-31(2)11-9-19-20-14-23-24(38-17-37-23)15-21(20)27(28-22(19)16-36-30(28)33)18-12-25(34-3)29(32)26(13-18)35-4/h12-15,19,22,27-28,32H,5-11,16-17H2,1-4H3/t19-,22-,27-,28+/m1/s1. The van der Waals surface area contributed by atoms with E-state index in [4.69, 9.17) is 23.7 Å². The number of methoxy groups -OCH3 is 2. The number of phenolic OH excluding ortho intramolecular Hbond substituents is 1. The monoisotopic (exact) mass is 525 g/mol. The molecule has 0 unspecified atom stereocenters. The lowest BCUT2D eigenvalue weighted by Crippen LogP contribution is -2.36. The number of carbonyl (C=O) groups is 1. The SMILES string of the molecule is CCCCCCN(C)CC[C@@H]1c2cc3c(cc2[C@@H](c2cc(OC)c(O)c(OC)c2)[C@H]2C(=O)OC[C@@H]21)OCO3. The Morgan fingerprint density at radius 2 is 1.63 bits per heavy atom. The number of phenols is 1. The van der Waals surface area contributed by atoms with E-state index in [1.54, 1.807) is 12.1 Å². The van der Waals surface area contributed by atoms with E-state index in [1.807, 2.05) is 6.07 Å². The molecule has 0 bridgehead atoms. The number of rotatable bonds is 11. The van der Waals surface area contributed by atoms with E-state index in [0.29, 0.717) is 23.9 Å². The molecule has 2 heterocycles. The number of hydrogen-bond donors (Lipinski definition) is 1. The smallest absolute Gasteiger partial charge is 0.310 e. The summed E-state index contributed by atoms with van der Waals surface area (Å²) in [7, 11) is 5.19. The molecule has 0 aromatic heterocycles. The summed E-state index contributed by atoms with van der Waals surface area (Å²) in [6.45, 7) is 4.82. The van der Waals surface area contributed by atoms with Gasteiger partial charge < -0.3 is 33.7 Å². The average molecular weight is 526 g/mol. The van der Waals surface area contributed by atoms with Crippen LogP contribution in [0, 0.1) is 11.8 Å². The molecule has 0 amide bonds. The summed E-state index contributed by atoms with van der Waals surface area (Å²) in [5.41, 5.74) is 3.03. The van der Waals surface area contributed by atoms with Gasteiger partial charge in [0.1, 0.15) is 0 Å². The maximum atomic E-state index is 13.3. The number of unbranched alkanes of at least 4 members (excludes halogenated alkanes) is 3. The lowest BCUT2D eigenvalue weighted by molar-refractivity contribution is -0.141. The predicted molar refractivity (Wildman–Crippen MR) is 143 cm³/mol. The van der Waals surface area contributed by atoms with E-state index in [9.17, 15) is 9.90 Å². The molecule has 1 saturated heterocycles. The van der Waals surface area contributed by atoms with Gasteiger partial charge in [0.05, 0.1) is 26.7 Å². The van der Waals surface area contributed by atoms with Crippen LogP contribution in [0.4, 0.5) is 0 Å². The van der Waals surface area contributed by atoms with Crippen molar-refractivity contribution in [3.63, 3.8) is 0 Å². The number of carbonyl (C=O) groups excluding carboxylic acids is 1. The number of benzene rings is 2. The maximum absolute atomic E-state index is 13.3. The number of fused-ring (bicyclic) bond motifs is 3. The number of cyclic esters (lactones) is 1. The van der Waals surface area contributed by atoms with Gasteiger partial charge in [-0.05, 0) is 79.9 Å². The fraction of sp³-hybridized carbons (Fsp3) is 0.567. The van der Waals surface area contributed by atoms with Crippen LogP contribution in [0.1, 0.15) is 67.6 Å². The van der Waals surface area contributed by atoms with Crippen molar-refractivity contribution in [1.29, 1.82) is 0 Å². The molecule has 2 aliphatic heterocycles. The van der Waals surface area contributed by atoms with Gasteiger partial charge in [0.2, 0.25) is 12.5 Å². The molecule has 2 aromatic carbocycles.